The zero-order valence-electron chi connectivity index (χ0n) is 16.2. The van der Waals surface area contributed by atoms with Crippen molar-refractivity contribution in [3.63, 3.8) is 0 Å². The molecule has 0 bridgehead atoms. The lowest BCUT2D eigenvalue weighted by Crippen LogP contribution is -2.58. The van der Waals surface area contributed by atoms with Gasteiger partial charge in [0, 0.05) is 19.6 Å². The number of anilines is 1. The molecular formula is C17H18F3N3O7S2. The second-order valence-electron chi connectivity index (χ2n) is 6.62. The second-order valence-corrected chi connectivity index (χ2v) is 9.57. The minimum Gasteiger partial charge on any atom is -0.480 e. The van der Waals surface area contributed by atoms with Crippen LogP contribution < -0.4 is 9.64 Å². The van der Waals surface area contributed by atoms with Gasteiger partial charge in [-0.15, -0.1) is 13.2 Å². The van der Waals surface area contributed by atoms with Crippen LogP contribution >= 0.6 is 11.3 Å². The van der Waals surface area contributed by atoms with E-state index < -0.39 is 40.8 Å². The number of hydrogen-bond donors (Lipinski definition) is 3. The number of aliphatic hydroxyl groups excluding tert-OH is 2. The molecule has 2 aromatic rings. The molecule has 1 fully saturated rings. The van der Waals surface area contributed by atoms with Crippen LogP contribution in [0.1, 0.15) is 10.6 Å². The topological polar surface area (TPSA) is 140 Å². The van der Waals surface area contributed by atoms with Gasteiger partial charge >= 0.3 is 12.3 Å². The SMILES string of the molecule is O=C(O)[C@H]1CN(c2nc(CO)c(CO)s2)CCN1S(=O)(=O)c1ccc(OC(F)(F)F)cc1. The van der Waals surface area contributed by atoms with Crippen molar-refractivity contribution in [2.75, 3.05) is 24.5 Å². The van der Waals surface area contributed by atoms with Gasteiger partial charge in [-0.3, -0.25) is 4.79 Å². The van der Waals surface area contributed by atoms with Crippen molar-refractivity contribution in [3.8, 4) is 5.75 Å². The van der Waals surface area contributed by atoms with E-state index in [0.29, 0.717) is 10.0 Å². The Morgan fingerprint density at radius 1 is 1.19 bits per heavy atom. The van der Waals surface area contributed by atoms with Crippen molar-refractivity contribution in [1.82, 2.24) is 9.29 Å². The van der Waals surface area contributed by atoms with E-state index in [1.165, 1.54) is 4.90 Å². The standard InChI is InChI=1S/C17H18F3N3O7S2/c18-17(19,20)30-10-1-3-11(4-2-10)32(28,29)23-6-5-22(7-13(23)15(26)27)16-21-12(8-24)14(9-25)31-16/h1-4,13,24-25H,5-9H2,(H,26,27)/t13-/m1/s1. The number of rotatable bonds is 7. The average molecular weight is 497 g/mol. The lowest BCUT2D eigenvalue weighted by molar-refractivity contribution is -0.274. The van der Waals surface area contributed by atoms with Crippen LogP contribution in [0.25, 0.3) is 0 Å². The molecule has 0 saturated carbocycles. The lowest BCUT2D eigenvalue weighted by Gasteiger charge is -2.38. The largest absolute Gasteiger partial charge is 0.573 e. The highest BCUT2D eigenvalue weighted by atomic mass is 32.2. The second kappa shape index (κ2) is 9.19. The Balaban J connectivity index is 1.83. The number of ether oxygens (including phenoxy) is 1. The minimum absolute atomic E-state index is 0.0710. The highest BCUT2D eigenvalue weighted by molar-refractivity contribution is 7.89. The first-order valence-corrected chi connectivity index (χ1v) is 11.3. The van der Waals surface area contributed by atoms with Crippen LogP contribution in [-0.2, 0) is 28.0 Å². The Bertz CT molecular complexity index is 1050. The Morgan fingerprint density at radius 3 is 2.34 bits per heavy atom. The molecule has 32 heavy (non-hydrogen) atoms. The van der Waals surface area contributed by atoms with E-state index in [2.05, 4.69) is 9.72 Å². The van der Waals surface area contributed by atoms with Crippen LogP contribution in [0.2, 0.25) is 0 Å². The Hall–Kier alpha value is -2.46. The molecule has 176 valence electrons. The number of aromatic nitrogens is 1. The summed E-state index contributed by atoms with van der Waals surface area (Å²) in [5.41, 5.74) is 0.246. The summed E-state index contributed by atoms with van der Waals surface area (Å²) in [7, 11) is -4.34. The third-order valence-electron chi connectivity index (χ3n) is 4.61. The molecule has 1 aliphatic heterocycles. The molecule has 1 aromatic carbocycles. The molecule has 1 saturated heterocycles. The smallest absolute Gasteiger partial charge is 0.480 e. The number of piperazine rings is 1. The van der Waals surface area contributed by atoms with Gasteiger partial charge in [0.2, 0.25) is 10.0 Å². The van der Waals surface area contributed by atoms with E-state index in [9.17, 15) is 41.7 Å². The summed E-state index contributed by atoms with van der Waals surface area (Å²) < 4.78 is 67.4. The monoisotopic (exact) mass is 497 g/mol. The van der Waals surface area contributed by atoms with Gasteiger partial charge in [-0.25, -0.2) is 13.4 Å². The number of hydrogen-bond acceptors (Lipinski definition) is 9. The molecule has 0 amide bonds. The number of halogens is 3. The summed E-state index contributed by atoms with van der Waals surface area (Å²) in [5, 5.41) is 28.6. The predicted octanol–water partition coefficient (Wildman–Crippen LogP) is 0.990. The van der Waals surface area contributed by atoms with Gasteiger partial charge in [0.1, 0.15) is 11.8 Å². The number of alkyl halides is 3. The maximum atomic E-state index is 13.0. The zero-order valence-corrected chi connectivity index (χ0v) is 17.8. The Morgan fingerprint density at radius 2 is 1.84 bits per heavy atom. The van der Waals surface area contributed by atoms with Gasteiger partial charge in [-0.05, 0) is 24.3 Å². The highest BCUT2D eigenvalue weighted by Crippen LogP contribution is 2.31. The molecule has 0 spiro atoms. The first-order chi connectivity index (χ1) is 15.0. The fraction of sp³-hybridized carbons (Fsp3) is 0.412. The molecular weight excluding hydrogens is 479 g/mol. The number of thiazole rings is 1. The average Bonchev–Trinajstić information content (AvgIpc) is 3.16. The summed E-state index contributed by atoms with van der Waals surface area (Å²) in [6.45, 7) is -1.20. The maximum Gasteiger partial charge on any atom is 0.573 e. The third kappa shape index (κ3) is 5.12. The van der Waals surface area contributed by atoms with Gasteiger partial charge in [0.15, 0.2) is 5.13 Å². The number of benzene rings is 1. The molecule has 3 rings (SSSR count). The highest BCUT2D eigenvalue weighted by Gasteiger charge is 2.41. The van der Waals surface area contributed by atoms with Crippen LogP contribution in [0, 0.1) is 0 Å². The molecule has 0 aliphatic carbocycles. The summed E-state index contributed by atoms with van der Waals surface area (Å²) in [4.78, 5) is 17.6. The summed E-state index contributed by atoms with van der Waals surface area (Å²) >= 11 is 1.05. The number of aliphatic hydroxyl groups is 2. The van der Waals surface area contributed by atoms with Crippen LogP contribution in [0.15, 0.2) is 29.2 Å². The third-order valence-corrected chi connectivity index (χ3v) is 7.68. The molecule has 1 aliphatic rings. The van der Waals surface area contributed by atoms with Crippen molar-refractivity contribution in [3.05, 3.63) is 34.8 Å². The van der Waals surface area contributed by atoms with Gasteiger partial charge in [0.05, 0.1) is 28.7 Å². The van der Waals surface area contributed by atoms with E-state index in [1.807, 2.05) is 0 Å². The molecule has 0 radical (unpaired) electrons. The molecule has 10 nitrogen and oxygen atoms in total. The number of aliphatic carboxylic acids is 1. The first kappa shape index (κ1) is 24.2. The molecule has 3 N–H and O–H groups in total. The van der Waals surface area contributed by atoms with Gasteiger partial charge in [-0.1, -0.05) is 11.3 Å². The van der Waals surface area contributed by atoms with Crippen LogP contribution in [0.4, 0.5) is 18.3 Å². The van der Waals surface area contributed by atoms with Crippen molar-refractivity contribution in [2.45, 2.75) is 30.5 Å². The predicted molar refractivity (Wildman–Crippen MR) is 105 cm³/mol. The molecule has 15 heteroatoms. The van der Waals surface area contributed by atoms with Crippen molar-refractivity contribution in [2.24, 2.45) is 0 Å². The number of carbonyl (C=O) groups is 1. The Labute approximate surface area is 184 Å². The van der Waals surface area contributed by atoms with Crippen LogP contribution in [0.5, 0.6) is 5.75 Å². The quantitative estimate of drug-likeness (QED) is 0.511. The summed E-state index contributed by atoms with van der Waals surface area (Å²) in [6, 6.07) is 1.97. The van der Waals surface area contributed by atoms with E-state index >= 15 is 0 Å². The van der Waals surface area contributed by atoms with Crippen LogP contribution in [0.3, 0.4) is 0 Å². The van der Waals surface area contributed by atoms with Crippen molar-refractivity contribution < 1.29 is 46.4 Å². The number of sulfonamides is 1. The van der Waals surface area contributed by atoms with Crippen LogP contribution in [-0.4, -0.2) is 71.0 Å². The number of nitrogens with zero attached hydrogens (tertiary/aromatic N) is 3. The summed E-state index contributed by atoms with van der Waals surface area (Å²) in [5.74, 6) is -2.03. The van der Waals surface area contributed by atoms with E-state index in [0.717, 1.165) is 39.9 Å². The van der Waals surface area contributed by atoms with Crippen molar-refractivity contribution in [1.29, 1.82) is 0 Å². The van der Waals surface area contributed by atoms with Gasteiger partial charge < -0.3 is 25.0 Å². The first-order valence-electron chi connectivity index (χ1n) is 9.02. The molecule has 2 heterocycles. The van der Waals surface area contributed by atoms with E-state index in [-0.39, 0.29) is 36.8 Å². The van der Waals surface area contributed by atoms with Crippen molar-refractivity contribution >= 4 is 32.5 Å². The number of carboxylic acid groups (broad SMARTS) is 1. The molecule has 1 atom stereocenters. The fourth-order valence-electron chi connectivity index (χ4n) is 3.13. The molecule has 0 unspecified atom stereocenters. The van der Waals surface area contributed by atoms with Gasteiger partial charge in [0.25, 0.3) is 0 Å². The van der Waals surface area contributed by atoms with E-state index in [4.69, 9.17) is 0 Å². The fourth-order valence-corrected chi connectivity index (χ4v) is 5.66. The lowest BCUT2D eigenvalue weighted by atomic mass is 10.2. The minimum atomic E-state index is -4.94. The van der Waals surface area contributed by atoms with E-state index in [1.54, 1.807) is 0 Å². The van der Waals surface area contributed by atoms with Gasteiger partial charge in [-0.2, -0.15) is 4.31 Å². The maximum absolute atomic E-state index is 13.0. The summed E-state index contributed by atoms with van der Waals surface area (Å²) in [6.07, 6.45) is -4.94. The number of carboxylic acids is 1. The Kier molecular flexibility index (Phi) is 6.94. The zero-order chi connectivity index (χ0) is 23.7. The molecule has 1 aromatic heterocycles. The normalized spacial score (nSPS) is 18.0.